The Morgan fingerprint density at radius 1 is 1.44 bits per heavy atom. The molecule has 0 saturated carbocycles. The number of halogens is 1. The van der Waals surface area contributed by atoms with Crippen LogP contribution in [-0.2, 0) is 10.0 Å². The highest BCUT2D eigenvalue weighted by Gasteiger charge is 2.14. The van der Waals surface area contributed by atoms with Crippen LogP contribution in [0, 0.1) is 0 Å². The second-order valence-electron chi connectivity index (χ2n) is 2.92. The molecular weight excluding hydrogens is 298 g/mol. The van der Waals surface area contributed by atoms with Crippen LogP contribution in [0.15, 0.2) is 29.2 Å². The number of nitrogens with one attached hydrogen (secondary N) is 1. The predicted octanol–water partition coefficient (Wildman–Crippen LogP) is 1.06. The molecule has 16 heavy (non-hydrogen) atoms. The Balaban J connectivity index is 3.04. The van der Waals surface area contributed by atoms with E-state index in [0.29, 0.717) is 5.33 Å². The van der Waals surface area contributed by atoms with Crippen molar-refractivity contribution in [2.45, 2.75) is 4.90 Å². The third kappa shape index (κ3) is 3.29. The van der Waals surface area contributed by atoms with Gasteiger partial charge in [0.05, 0.1) is 10.5 Å². The third-order valence-electron chi connectivity index (χ3n) is 1.78. The summed E-state index contributed by atoms with van der Waals surface area (Å²) in [5.74, 6) is -1.16. The van der Waals surface area contributed by atoms with Crippen molar-refractivity contribution in [2.24, 2.45) is 0 Å². The standard InChI is InChI=1S/C9H10BrNO4S/c10-4-5-11-16(14,15)8-3-1-2-7(6-8)9(12)13/h1-3,6,11H,4-5H2,(H,12,13). The molecule has 0 atom stereocenters. The van der Waals surface area contributed by atoms with E-state index in [-0.39, 0.29) is 17.0 Å². The third-order valence-corrected chi connectivity index (χ3v) is 3.63. The topological polar surface area (TPSA) is 83.5 Å². The minimum Gasteiger partial charge on any atom is -0.478 e. The molecule has 7 heteroatoms. The number of benzene rings is 1. The van der Waals surface area contributed by atoms with Crippen molar-refractivity contribution in [3.8, 4) is 0 Å². The maximum Gasteiger partial charge on any atom is 0.335 e. The Morgan fingerprint density at radius 3 is 2.69 bits per heavy atom. The van der Waals surface area contributed by atoms with Gasteiger partial charge >= 0.3 is 5.97 Å². The molecule has 0 radical (unpaired) electrons. The number of hydrogen-bond donors (Lipinski definition) is 2. The zero-order valence-corrected chi connectivity index (χ0v) is 10.6. The molecule has 0 spiro atoms. The highest BCUT2D eigenvalue weighted by molar-refractivity contribution is 9.09. The van der Waals surface area contributed by atoms with Crippen LogP contribution in [0.3, 0.4) is 0 Å². The van der Waals surface area contributed by atoms with Crippen molar-refractivity contribution in [3.63, 3.8) is 0 Å². The summed E-state index contributed by atoms with van der Waals surface area (Å²) in [6.45, 7) is 0.250. The second kappa shape index (κ2) is 5.42. The number of sulfonamides is 1. The fraction of sp³-hybridized carbons (Fsp3) is 0.222. The Hall–Kier alpha value is -0.920. The van der Waals surface area contributed by atoms with Gasteiger partial charge in [0, 0.05) is 11.9 Å². The van der Waals surface area contributed by atoms with Gasteiger partial charge in [0.25, 0.3) is 0 Å². The van der Waals surface area contributed by atoms with Gasteiger partial charge in [0.2, 0.25) is 10.0 Å². The van der Waals surface area contributed by atoms with Gasteiger partial charge in [0.15, 0.2) is 0 Å². The average molecular weight is 308 g/mol. The van der Waals surface area contributed by atoms with Gasteiger partial charge in [0.1, 0.15) is 0 Å². The second-order valence-corrected chi connectivity index (χ2v) is 5.48. The number of rotatable bonds is 5. The largest absolute Gasteiger partial charge is 0.478 e. The van der Waals surface area contributed by atoms with Gasteiger partial charge in [-0.3, -0.25) is 0 Å². The summed E-state index contributed by atoms with van der Waals surface area (Å²) >= 11 is 3.09. The molecule has 0 bridgehead atoms. The SMILES string of the molecule is O=C(O)c1cccc(S(=O)(=O)NCCBr)c1. The number of hydrogen-bond acceptors (Lipinski definition) is 3. The van der Waals surface area contributed by atoms with Crippen molar-refractivity contribution >= 4 is 31.9 Å². The Kier molecular flexibility index (Phi) is 4.45. The molecule has 1 aromatic rings. The number of alkyl halides is 1. The van der Waals surface area contributed by atoms with Crippen LogP contribution < -0.4 is 4.72 Å². The minimum atomic E-state index is -3.62. The van der Waals surface area contributed by atoms with Crippen molar-refractivity contribution < 1.29 is 18.3 Å². The number of carbonyl (C=O) groups is 1. The first-order chi connectivity index (χ1) is 7.47. The van der Waals surface area contributed by atoms with Crippen LogP contribution in [0.25, 0.3) is 0 Å². The van der Waals surface area contributed by atoms with E-state index in [4.69, 9.17) is 5.11 Å². The monoisotopic (exact) mass is 307 g/mol. The molecule has 0 fully saturated rings. The van der Waals surface area contributed by atoms with E-state index < -0.39 is 16.0 Å². The van der Waals surface area contributed by atoms with Crippen LogP contribution in [0.4, 0.5) is 0 Å². The fourth-order valence-electron chi connectivity index (χ4n) is 1.05. The highest BCUT2D eigenvalue weighted by Crippen LogP contribution is 2.11. The predicted molar refractivity (Wildman–Crippen MR) is 62.4 cm³/mol. The van der Waals surface area contributed by atoms with E-state index in [1.165, 1.54) is 18.2 Å². The summed E-state index contributed by atoms with van der Waals surface area (Å²) in [5.41, 5.74) is -0.0540. The van der Waals surface area contributed by atoms with Gasteiger partial charge in [-0.25, -0.2) is 17.9 Å². The maximum atomic E-state index is 11.6. The summed E-state index contributed by atoms with van der Waals surface area (Å²) in [4.78, 5) is 10.6. The first-order valence-electron chi connectivity index (χ1n) is 4.36. The van der Waals surface area contributed by atoms with Crippen molar-refractivity contribution in [1.29, 1.82) is 0 Å². The normalized spacial score (nSPS) is 11.3. The molecule has 1 aromatic carbocycles. The molecule has 0 unspecified atom stereocenters. The lowest BCUT2D eigenvalue weighted by molar-refractivity contribution is 0.0696. The molecule has 5 nitrogen and oxygen atoms in total. The molecule has 0 heterocycles. The van der Waals surface area contributed by atoms with E-state index in [1.807, 2.05) is 0 Å². The van der Waals surface area contributed by atoms with Crippen LogP contribution in [0.5, 0.6) is 0 Å². The summed E-state index contributed by atoms with van der Waals surface area (Å²) in [6.07, 6.45) is 0. The molecular formula is C9H10BrNO4S. The zero-order valence-electron chi connectivity index (χ0n) is 8.18. The average Bonchev–Trinajstić information content (AvgIpc) is 2.26. The van der Waals surface area contributed by atoms with E-state index in [2.05, 4.69) is 20.7 Å². The minimum absolute atomic E-state index is 0.0478. The summed E-state index contributed by atoms with van der Waals surface area (Å²) in [7, 11) is -3.62. The quantitative estimate of drug-likeness (QED) is 0.797. The van der Waals surface area contributed by atoms with Crippen molar-refractivity contribution in [1.82, 2.24) is 4.72 Å². The van der Waals surface area contributed by atoms with Crippen LogP contribution in [0.1, 0.15) is 10.4 Å². The van der Waals surface area contributed by atoms with E-state index in [0.717, 1.165) is 6.07 Å². The molecule has 0 aliphatic rings. The fourth-order valence-corrected chi connectivity index (χ4v) is 2.59. The molecule has 1 rings (SSSR count). The lowest BCUT2D eigenvalue weighted by atomic mass is 10.2. The first kappa shape index (κ1) is 13.1. The Morgan fingerprint density at radius 2 is 2.12 bits per heavy atom. The number of aromatic carboxylic acids is 1. The molecule has 0 aromatic heterocycles. The lowest BCUT2D eigenvalue weighted by Gasteiger charge is -2.05. The van der Waals surface area contributed by atoms with Gasteiger partial charge in [-0.2, -0.15) is 0 Å². The van der Waals surface area contributed by atoms with Crippen LogP contribution in [-0.4, -0.2) is 31.4 Å². The van der Waals surface area contributed by atoms with E-state index in [9.17, 15) is 13.2 Å². The first-order valence-corrected chi connectivity index (χ1v) is 6.97. The molecule has 88 valence electrons. The zero-order chi connectivity index (χ0) is 12.2. The summed E-state index contributed by atoms with van der Waals surface area (Å²) in [5, 5.41) is 9.22. The molecule has 0 aliphatic carbocycles. The molecule has 2 N–H and O–H groups in total. The Bertz CT molecular complexity index is 486. The molecule has 0 aliphatic heterocycles. The van der Waals surface area contributed by atoms with Gasteiger partial charge in [-0.05, 0) is 18.2 Å². The van der Waals surface area contributed by atoms with Gasteiger partial charge in [-0.1, -0.05) is 22.0 Å². The summed E-state index contributed by atoms with van der Waals surface area (Å²) in [6, 6.07) is 5.21. The summed E-state index contributed by atoms with van der Waals surface area (Å²) < 4.78 is 25.6. The lowest BCUT2D eigenvalue weighted by Crippen LogP contribution is -2.25. The smallest absolute Gasteiger partial charge is 0.335 e. The van der Waals surface area contributed by atoms with Crippen molar-refractivity contribution in [3.05, 3.63) is 29.8 Å². The Labute approximate surface area is 102 Å². The van der Waals surface area contributed by atoms with E-state index in [1.54, 1.807) is 0 Å². The number of carboxylic acids is 1. The van der Waals surface area contributed by atoms with Crippen LogP contribution >= 0.6 is 15.9 Å². The van der Waals surface area contributed by atoms with Crippen molar-refractivity contribution in [2.75, 3.05) is 11.9 Å². The highest BCUT2D eigenvalue weighted by atomic mass is 79.9. The number of carboxylic acid groups (broad SMARTS) is 1. The van der Waals surface area contributed by atoms with Gasteiger partial charge in [-0.15, -0.1) is 0 Å². The van der Waals surface area contributed by atoms with Gasteiger partial charge < -0.3 is 5.11 Å². The van der Waals surface area contributed by atoms with Crippen LogP contribution in [0.2, 0.25) is 0 Å². The van der Waals surface area contributed by atoms with E-state index >= 15 is 0 Å². The molecule has 0 amide bonds. The maximum absolute atomic E-state index is 11.6. The molecule has 0 saturated heterocycles.